The van der Waals surface area contributed by atoms with Crippen molar-refractivity contribution < 1.29 is 0 Å². The highest BCUT2D eigenvalue weighted by Crippen LogP contribution is 2.35. The van der Waals surface area contributed by atoms with E-state index >= 15 is 0 Å². The standard InChI is InChI=1S/C30H20BrN/c31-25-16-13-21(14-17-25)22-7-6-8-23(19-22)24-15-18-30-28(20-24)27-11-4-5-12-29(27)32(30)26-9-2-1-3-10-26/h1-20H. The molecule has 0 fully saturated rings. The molecule has 0 atom stereocenters. The number of benzene rings is 5. The quantitative estimate of drug-likeness (QED) is 0.241. The van der Waals surface area contributed by atoms with Gasteiger partial charge in [-0.1, -0.05) is 88.7 Å². The van der Waals surface area contributed by atoms with Gasteiger partial charge in [0.15, 0.2) is 0 Å². The van der Waals surface area contributed by atoms with Crippen molar-refractivity contribution >= 4 is 37.7 Å². The molecule has 1 heterocycles. The Kier molecular flexibility index (Phi) is 4.66. The smallest absolute Gasteiger partial charge is 0.0541 e. The highest BCUT2D eigenvalue weighted by atomic mass is 79.9. The third-order valence-corrected chi connectivity index (χ3v) is 6.59. The average Bonchev–Trinajstić information content (AvgIpc) is 3.19. The maximum atomic E-state index is 3.53. The van der Waals surface area contributed by atoms with Crippen LogP contribution < -0.4 is 0 Å². The molecular weight excluding hydrogens is 454 g/mol. The van der Waals surface area contributed by atoms with Crippen LogP contribution in [0.1, 0.15) is 0 Å². The van der Waals surface area contributed by atoms with Gasteiger partial charge in [0.2, 0.25) is 0 Å². The number of aromatic nitrogens is 1. The fourth-order valence-electron chi connectivity index (χ4n) is 4.53. The maximum absolute atomic E-state index is 3.53. The van der Waals surface area contributed by atoms with Gasteiger partial charge in [0.1, 0.15) is 0 Å². The predicted molar refractivity (Wildman–Crippen MR) is 139 cm³/mol. The molecule has 1 aromatic heterocycles. The van der Waals surface area contributed by atoms with Crippen LogP contribution in [0.15, 0.2) is 126 Å². The molecule has 0 bridgehead atoms. The summed E-state index contributed by atoms with van der Waals surface area (Å²) in [7, 11) is 0. The van der Waals surface area contributed by atoms with Crippen molar-refractivity contribution in [2.24, 2.45) is 0 Å². The van der Waals surface area contributed by atoms with Gasteiger partial charge in [-0.25, -0.2) is 0 Å². The number of halogens is 1. The molecule has 0 aliphatic carbocycles. The van der Waals surface area contributed by atoms with Crippen LogP contribution in [0.2, 0.25) is 0 Å². The van der Waals surface area contributed by atoms with Gasteiger partial charge in [-0.05, 0) is 70.8 Å². The number of hydrogen-bond donors (Lipinski definition) is 0. The minimum Gasteiger partial charge on any atom is -0.309 e. The molecule has 0 saturated carbocycles. The number of rotatable bonds is 3. The molecule has 6 rings (SSSR count). The van der Waals surface area contributed by atoms with Crippen LogP contribution in [0.4, 0.5) is 0 Å². The summed E-state index contributed by atoms with van der Waals surface area (Å²) in [6.45, 7) is 0. The lowest BCUT2D eigenvalue weighted by Gasteiger charge is -2.09. The van der Waals surface area contributed by atoms with E-state index in [9.17, 15) is 0 Å². The van der Waals surface area contributed by atoms with Gasteiger partial charge >= 0.3 is 0 Å². The fraction of sp³-hybridized carbons (Fsp3) is 0. The van der Waals surface area contributed by atoms with Crippen LogP contribution in [-0.4, -0.2) is 4.57 Å². The molecule has 0 N–H and O–H groups in total. The molecule has 0 amide bonds. The van der Waals surface area contributed by atoms with E-state index < -0.39 is 0 Å². The number of fused-ring (bicyclic) bond motifs is 3. The number of para-hydroxylation sites is 2. The minimum absolute atomic E-state index is 1.10. The zero-order valence-electron chi connectivity index (χ0n) is 17.4. The summed E-state index contributed by atoms with van der Waals surface area (Å²) in [6.07, 6.45) is 0. The van der Waals surface area contributed by atoms with Crippen molar-refractivity contribution in [3.63, 3.8) is 0 Å². The lowest BCUT2D eigenvalue weighted by Crippen LogP contribution is -1.92. The van der Waals surface area contributed by atoms with E-state index in [1.54, 1.807) is 0 Å². The first kappa shape index (κ1) is 19.1. The molecular formula is C30H20BrN. The summed E-state index contributed by atoms with van der Waals surface area (Å²) < 4.78 is 3.45. The Bertz CT molecular complexity index is 1560. The molecule has 6 aromatic rings. The van der Waals surface area contributed by atoms with E-state index in [1.807, 2.05) is 0 Å². The van der Waals surface area contributed by atoms with Crippen molar-refractivity contribution in [2.75, 3.05) is 0 Å². The Morgan fingerprint density at radius 3 is 1.88 bits per heavy atom. The van der Waals surface area contributed by atoms with E-state index in [1.165, 1.54) is 49.7 Å². The Hall–Kier alpha value is -3.62. The van der Waals surface area contributed by atoms with Crippen LogP contribution in [0.25, 0.3) is 49.7 Å². The molecule has 0 aliphatic rings. The topological polar surface area (TPSA) is 4.93 Å². The largest absolute Gasteiger partial charge is 0.309 e. The first-order chi connectivity index (χ1) is 15.8. The maximum Gasteiger partial charge on any atom is 0.0541 e. The molecule has 5 aromatic carbocycles. The summed E-state index contributed by atoms with van der Waals surface area (Å²) in [5.74, 6) is 0. The van der Waals surface area contributed by atoms with E-state index in [0.717, 1.165) is 4.47 Å². The first-order valence-corrected chi connectivity index (χ1v) is 11.5. The lowest BCUT2D eigenvalue weighted by atomic mass is 9.98. The van der Waals surface area contributed by atoms with Gasteiger partial charge < -0.3 is 4.57 Å². The summed E-state index contributed by atoms with van der Waals surface area (Å²) >= 11 is 3.53. The van der Waals surface area contributed by atoms with Gasteiger partial charge in [-0.2, -0.15) is 0 Å². The number of nitrogens with zero attached hydrogens (tertiary/aromatic N) is 1. The third kappa shape index (κ3) is 3.24. The molecule has 0 spiro atoms. The normalized spacial score (nSPS) is 11.3. The van der Waals surface area contributed by atoms with Gasteiger partial charge in [0, 0.05) is 20.9 Å². The van der Waals surface area contributed by atoms with E-state index in [4.69, 9.17) is 0 Å². The van der Waals surface area contributed by atoms with Crippen LogP contribution in [0.3, 0.4) is 0 Å². The fourth-order valence-corrected chi connectivity index (χ4v) is 4.79. The van der Waals surface area contributed by atoms with Crippen molar-refractivity contribution in [2.45, 2.75) is 0 Å². The van der Waals surface area contributed by atoms with Gasteiger partial charge in [0.25, 0.3) is 0 Å². The molecule has 0 saturated heterocycles. The van der Waals surface area contributed by atoms with Crippen molar-refractivity contribution in [1.82, 2.24) is 4.57 Å². The lowest BCUT2D eigenvalue weighted by molar-refractivity contribution is 1.18. The minimum atomic E-state index is 1.10. The molecule has 0 unspecified atom stereocenters. The summed E-state index contributed by atoms with van der Waals surface area (Å²) in [4.78, 5) is 0. The molecule has 152 valence electrons. The van der Waals surface area contributed by atoms with Gasteiger partial charge in [-0.3, -0.25) is 0 Å². The van der Waals surface area contributed by atoms with E-state index in [2.05, 4.69) is 142 Å². The SMILES string of the molecule is Brc1ccc(-c2cccc(-c3ccc4c(c3)c3ccccc3n4-c3ccccc3)c2)cc1. The molecule has 2 heteroatoms. The first-order valence-electron chi connectivity index (χ1n) is 10.7. The van der Waals surface area contributed by atoms with Crippen molar-refractivity contribution in [3.05, 3.63) is 126 Å². The average molecular weight is 474 g/mol. The Labute approximate surface area is 195 Å². The molecule has 0 aliphatic heterocycles. The summed E-state index contributed by atoms with van der Waals surface area (Å²) in [5.41, 5.74) is 8.54. The zero-order chi connectivity index (χ0) is 21.5. The monoisotopic (exact) mass is 473 g/mol. The molecule has 0 radical (unpaired) electrons. The van der Waals surface area contributed by atoms with Gasteiger partial charge in [0.05, 0.1) is 11.0 Å². The Morgan fingerprint density at radius 1 is 0.438 bits per heavy atom. The van der Waals surface area contributed by atoms with E-state index in [-0.39, 0.29) is 0 Å². The Morgan fingerprint density at radius 2 is 1.06 bits per heavy atom. The second-order valence-corrected chi connectivity index (χ2v) is 8.92. The second kappa shape index (κ2) is 7.81. The highest BCUT2D eigenvalue weighted by molar-refractivity contribution is 9.10. The van der Waals surface area contributed by atoms with Crippen LogP contribution in [0, 0.1) is 0 Å². The molecule has 1 nitrogen and oxygen atoms in total. The van der Waals surface area contributed by atoms with Crippen molar-refractivity contribution in [1.29, 1.82) is 0 Å². The van der Waals surface area contributed by atoms with Crippen LogP contribution in [-0.2, 0) is 0 Å². The zero-order valence-corrected chi connectivity index (χ0v) is 19.0. The highest BCUT2D eigenvalue weighted by Gasteiger charge is 2.13. The predicted octanol–water partition coefficient (Wildman–Crippen LogP) is 8.88. The summed E-state index contributed by atoms with van der Waals surface area (Å²) in [6, 6.07) is 43.3. The summed E-state index contributed by atoms with van der Waals surface area (Å²) in [5, 5.41) is 2.55. The van der Waals surface area contributed by atoms with E-state index in [0.29, 0.717) is 0 Å². The van der Waals surface area contributed by atoms with Crippen LogP contribution in [0.5, 0.6) is 0 Å². The van der Waals surface area contributed by atoms with Gasteiger partial charge in [-0.15, -0.1) is 0 Å². The second-order valence-electron chi connectivity index (χ2n) is 8.01. The number of hydrogen-bond acceptors (Lipinski definition) is 0. The van der Waals surface area contributed by atoms with Crippen LogP contribution >= 0.6 is 15.9 Å². The Balaban J connectivity index is 1.53. The third-order valence-electron chi connectivity index (χ3n) is 6.06. The van der Waals surface area contributed by atoms with Crippen molar-refractivity contribution in [3.8, 4) is 27.9 Å². The molecule has 32 heavy (non-hydrogen) atoms.